The van der Waals surface area contributed by atoms with Gasteiger partial charge < -0.3 is 20.1 Å². The maximum Gasteiger partial charge on any atom is 0.586 e. The minimum absolute atomic E-state index is 0.0715. The van der Waals surface area contributed by atoms with Crippen LogP contribution < -0.4 is 20.1 Å². The Morgan fingerprint density at radius 3 is 2.76 bits per heavy atom. The van der Waals surface area contributed by atoms with Gasteiger partial charge in [-0.05, 0) is 18.6 Å². The van der Waals surface area contributed by atoms with Crippen LogP contribution in [0, 0.1) is 0 Å². The molecule has 92 valence electrons. The number of ether oxygens (including phenoxy) is 2. The third-order valence-electron chi connectivity index (χ3n) is 2.97. The molecule has 1 unspecified atom stereocenters. The Hall–Kier alpha value is -1.56. The van der Waals surface area contributed by atoms with Crippen LogP contribution in [-0.2, 0) is 0 Å². The van der Waals surface area contributed by atoms with Crippen molar-refractivity contribution in [1.29, 1.82) is 0 Å². The van der Waals surface area contributed by atoms with Gasteiger partial charge in [0.05, 0.1) is 0 Å². The fourth-order valence-electron chi connectivity index (χ4n) is 2.16. The first-order valence-electron chi connectivity index (χ1n) is 5.44. The molecule has 0 aromatic heterocycles. The number of nitrogens with two attached hydrogens (primary N) is 1. The number of hydrogen-bond donors (Lipinski definition) is 1. The Balaban J connectivity index is 1.86. The summed E-state index contributed by atoms with van der Waals surface area (Å²) in [6.45, 7) is 1.56. The summed E-state index contributed by atoms with van der Waals surface area (Å²) in [4.78, 5) is 2.05. The lowest BCUT2D eigenvalue weighted by Crippen LogP contribution is -2.26. The maximum absolute atomic E-state index is 12.8. The molecule has 3 rings (SSSR count). The number of fused-ring (bicyclic) bond motifs is 1. The third kappa shape index (κ3) is 1.88. The van der Waals surface area contributed by atoms with Gasteiger partial charge in [0, 0.05) is 30.9 Å². The van der Waals surface area contributed by atoms with Crippen molar-refractivity contribution in [2.24, 2.45) is 5.73 Å². The predicted molar refractivity (Wildman–Crippen MR) is 57.5 cm³/mol. The largest absolute Gasteiger partial charge is 0.586 e. The van der Waals surface area contributed by atoms with Crippen LogP contribution >= 0.6 is 0 Å². The van der Waals surface area contributed by atoms with E-state index in [0.717, 1.165) is 25.2 Å². The van der Waals surface area contributed by atoms with Gasteiger partial charge in [-0.3, -0.25) is 0 Å². The van der Waals surface area contributed by atoms with E-state index in [-0.39, 0.29) is 17.5 Å². The standard InChI is InChI=1S/C11H12F2N2O2/c12-11(13)16-9-2-1-8(5-10(9)17-11)15-4-3-7(14)6-15/h1-2,5,7H,3-4,6,14H2. The van der Waals surface area contributed by atoms with Gasteiger partial charge >= 0.3 is 6.29 Å². The lowest BCUT2D eigenvalue weighted by atomic mass is 10.2. The normalized spacial score (nSPS) is 25.4. The van der Waals surface area contributed by atoms with Gasteiger partial charge in [0.25, 0.3) is 0 Å². The second kappa shape index (κ2) is 3.46. The topological polar surface area (TPSA) is 47.7 Å². The zero-order valence-corrected chi connectivity index (χ0v) is 9.03. The first kappa shape index (κ1) is 10.6. The van der Waals surface area contributed by atoms with Gasteiger partial charge in [0.1, 0.15) is 0 Å². The van der Waals surface area contributed by atoms with Gasteiger partial charge in [0.15, 0.2) is 11.5 Å². The van der Waals surface area contributed by atoms with E-state index in [1.54, 1.807) is 12.1 Å². The van der Waals surface area contributed by atoms with Crippen molar-refractivity contribution < 1.29 is 18.3 Å². The summed E-state index contributed by atoms with van der Waals surface area (Å²) in [5, 5.41) is 0. The van der Waals surface area contributed by atoms with Crippen LogP contribution in [0.15, 0.2) is 18.2 Å². The Morgan fingerprint density at radius 1 is 1.29 bits per heavy atom. The molecular formula is C11H12F2N2O2. The molecule has 6 heteroatoms. The molecule has 1 aromatic rings. The summed E-state index contributed by atoms with van der Waals surface area (Å²) in [5.41, 5.74) is 6.63. The molecule has 1 aromatic carbocycles. The van der Waals surface area contributed by atoms with Crippen molar-refractivity contribution in [3.8, 4) is 11.5 Å². The second-order valence-corrected chi connectivity index (χ2v) is 4.29. The second-order valence-electron chi connectivity index (χ2n) is 4.29. The SMILES string of the molecule is NC1CCN(c2ccc3c(c2)OC(F)(F)O3)C1. The molecule has 1 atom stereocenters. The van der Waals surface area contributed by atoms with E-state index in [1.165, 1.54) is 6.07 Å². The number of hydrogen-bond acceptors (Lipinski definition) is 4. The summed E-state index contributed by atoms with van der Waals surface area (Å²) in [7, 11) is 0. The Morgan fingerprint density at radius 2 is 2.06 bits per heavy atom. The summed E-state index contributed by atoms with van der Waals surface area (Å²) in [5.74, 6) is 0.148. The van der Waals surface area contributed by atoms with Crippen molar-refractivity contribution in [3.63, 3.8) is 0 Å². The van der Waals surface area contributed by atoms with Crippen molar-refractivity contribution in [2.75, 3.05) is 18.0 Å². The van der Waals surface area contributed by atoms with Crippen molar-refractivity contribution in [1.82, 2.24) is 0 Å². The van der Waals surface area contributed by atoms with E-state index in [1.807, 2.05) is 4.90 Å². The van der Waals surface area contributed by atoms with Crippen LogP contribution in [0.25, 0.3) is 0 Å². The molecule has 17 heavy (non-hydrogen) atoms. The Bertz CT molecular complexity index is 453. The van der Waals surface area contributed by atoms with E-state index in [2.05, 4.69) is 9.47 Å². The van der Waals surface area contributed by atoms with Gasteiger partial charge in [-0.15, -0.1) is 8.78 Å². The van der Waals surface area contributed by atoms with Crippen molar-refractivity contribution in [3.05, 3.63) is 18.2 Å². The van der Waals surface area contributed by atoms with Crippen LogP contribution in [-0.4, -0.2) is 25.4 Å². The zero-order valence-electron chi connectivity index (χ0n) is 9.03. The Kier molecular flexibility index (Phi) is 2.16. The van der Waals surface area contributed by atoms with Crippen LogP contribution in [0.3, 0.4) is 0 Å². The fraction of sp³-hybridized carbons (Fsp3) is 0.455. The van der Waals surface area contributed by atoms with Crippen LogP contribution in [0.2, 0.25) is 0 Å². The van der Waals surface area contributed by atoms with Gasteiger partial charge in [-0.1, -0.05) is 0 Å². The minimum Gasteiger partial charge on any atom is -0.395 e. The van der Waals surface area contributed by atoms with Crippen LogP contribution in [0.1, 0.15) is 6.42 Å². The molecule has 0 amide bonds. The molecule has 2 heterocycles. The number of benzene rings is 1. The highest BCUT2D eigenvalue weighted by Gasteiger charge is 2.43. The summed E-state index contributed by atoms with van der Waals surface area (Å²) in [6.07, 6.45) is -2.65. The van der Waals surface area contributed by atoms with Crippen molar-refractivity contribution in [2.45, 2.75) is 18.8 Å². The van der Waals surface area contributed by atoms with Crippen LogP contribution in [0.4, 0.5) is 14.5 Å². The van der Waals surface area contributed by atoms with Crippen LogP contribution in [0.5, 0.6) is 11.5 Å². The molecule has 0 saturated carbocycles. The summed E-state index contributed by atoms with van der Waals surface area (Å²) >= 11 is 0. The molecule has 2 aliphatic heterocycles. The first-order valence-corrected chi connectivity index (χ1v) is 5.44. The minimum atomic E-state index is -3.55. The van der Waals surface area contributed by atoms with E-state index in [9.17, 15) is 8.78 Å². The number of halogens is 2. The molecule has 2 aliphatic rings. The molecule has 0 radical (unpaired) electrons. The highest BCUT2D eigenvalue weighted by molar-refractivity contribution is 5.58. The highest BCUT2D eigenvalue weighted by Crippen LogP contribution is 2.43. The number of nitrogens with zero attached hydrogens (tertiary/aromatic N) is 1. The van der Waals surface area contributed by atoms with Gasteiger partial charge in [0.2, 0.25) is 0 Å². The highest BCUT2D eigenvalue weighted by atomic mass is 19.3. The number of alkyl halides is 2. The maximum atomic E-state index is 12.8. The van der Waals surface area contributed by atoms with Gasteiger partial charge in [-0.2, -0.15) is 0 Å². The molecule has 2 N–H and O–H groups in total. The van der Waals surface area contributed by atoms with E-state index >= 15 is 0 Å². The zero-order chi connectivity index (χ0) is 12.0. The Labute approximate surface area is 96.9 Å². The van der Waals surface area contributed by atoms with Crippen molar-refractivity contribution >= 4 is 5.69 Å². The third-order valence-corrected chi connectivity index (χ3v) is 2.97. The predicted octanol–water partition coefficient (Wildman–Crippen LogP) is 1.55. The average molecular weight is 242 g/mol. The smallest absolute Gasteiger partial charge is 0.395 e. The lowest BCUT2D eigenvalue weighted by molar-refractivity contribution is -0.286. The number of anilines is 1. The summed E-state index contributed by atoms with van der Waals surface area (Å²) in [6, 6.07) is 4.94. The molecular weight excluding hydrogens is 230 g/mol. The van der Waals surface area contributed by atoms with Gasteiger partial charge in [-0.25, -0.2) is 0 Å². The average Bonchev–Trinajstić information content (AvgIpc) is 2.78. The summed E-state index contributed by atoms with van der Waals surface area (Å²) < 4.78 is 34.4. The van der Waals surface area contributed by atoms with E-state index < -0.39 is 6.29 Å². The quantitative estimate of drug-likeness (QED) is 0.811. The van der Waals surface area contributed by atoms with E-state index in [0.29, 0.717) is 0 Å². The molecule has 4 nitrogen and oxygen atoms in total. The molecule has 1 saturated heterocycles. The molecule has 0 bridgehead atoms. The monoisotopic (exact) mass is 242 g/mol. The first-order chi connectivity index (χ1) is 8.03. The fourth-order valence-corrected chi connectivity index (χ4v) is 2.16. The number of rotatable bonds is 1. The molecule has 0 aliphatic carbocycles. The molecule has 0 spiro atoms. The lowest BCUT2D eigenvalue weighted by Gasteiger charge is -2.18. The van der Waals surface area contributed by atoms with E-state index in [4.69, 9.17) is 5.73 Å². The molecule has 1 fully saturated rings.